The monoisotopic (exact) mass is 454 g/mol. The van der Waals surface area contributed by atoms with Gasteiger partial charge in [-0.05, 0) is 103 Å². The van der Waals surface area contributed by atoms with Gasteiger partial charge in [-0.15, -0.1) is 0 Å². The van der Waals surface area contributed by atoms with Crippen LogP contribution in [0.1, 0.15) is 27.8 Å². The summed E-state index contributed by atoms with van der Waals surface area (Å²) in [5.74, 6) is -0.511. The van der Waals surface area contributed by atoms with Gasteiger partial charge >= 0.3 is 5.97 Å². The van der Waals surface area contributed by atoms with Crippen molar-refractivity contribution < 1.29 is 19.7 Å². The summed E-state index contributed by atoms with van der Waals surface area (Å²) in [6, 6.07) is 6.28. The van der Waals surface area contributed by atoms with Crippen LogP contribution in [0.4, 0.5) is 0 Å². The van der Waals surface area contributed by atoms with Gasteiger partial charge in [-0.2, -0.15) is 0 Å². The van der Waals surface area contributed by atoms with Gasteiger partial charge in [-0.3, -0.25) is 0 Å². The normalized spacial score (nSPS) is 10.3. The van der Waals surface area contributed by atoms with Gasteiger partial charge in [0.05, 0.1) is 7.11 Å². The van der Waals surface area contributed by atoms with Crippen molar-refractivity contribution in [1.29, 1.82) is 0 Å². The lowest BCUT2D eigenvalue weighted by molar-refractivity contribution is -0.134. The number of phenolic OH excluding ortho intramolecular Hbond substituents is 2. The third kappa shape index (κ3) is 6.08. The molecule has 0 saturated carbocycles. The van der Waals surface area contributed by atoms with Gasteiger partial charge in [0.1, 0.15) is 11.5 Å². The molecule has 0 atom stereocenters. The average molecular weight is 454 g/mol. The maximum absolute atomic E-state index is 10.7. The van der Waals surface area contributed by atoms with Crippen LogP contribution in [0.15, 0.2) is 30.3 Å². The lowest BCUT2D eigenvalue weighted by Crippen LogP contribution is -1.93. The summed E-state index contributed by atoms with van der Waals surface area (Å²) < 4.78 is 5.75. The number of esters is 1. The number of aryl methyl sites for hydroxylation is 1. The summed E-state index contributed by atoms with van der Waals surface area (Å²) in [7, 11) is 1.26. The lowest BCUT2D eigenvalue weighted by Gasteiger charge is -2.09. The minimum Gasteiger partial charge on any atom is -0.508 e. The van der Waals surface area contributed by atoms with Crippen LogP contribution in [-0.2, 0) is 9.53 Å². The molecule has 2 aromatic carbocycles. The van der Waals surface area contributed by atoms with Crippen LogP contribution in [0.3, 0.4) is 0 Å². The number of carbonyl (C=O) groups excluding carboxylic acids is 1. The van der Waals surface area contributed by atoms with Crippen LogP contribution in [-0.4, -0.2) is 23.3 Å². The number of methoxy groups -OCH3 is 1. The van der Waals surface area contributed by atoms with Crippen molar-refractivity contribution in [1.82, 2.24) is 0 Å². The van der Waals surface area contributed by atoms with Gasteiger partial charge in [0.15, 0.2) is 0 Å². The predicted molar refractivity (Wildman–Crippen MR) is 109 cm³/mol. The molecule has 2 rings (SSSR count). The van der Waals surface area contributed by atoms with Gasteiger partial charge in [0, 0.05) is 15.2 Å². The minimum atomic E-state index is -0.521. The molecule has 5 heteroatoms. The molecular formula is C20H23IO4. The Hall–Kier alpha value is -2.02. The highest BCUT2D eigenvalue weighted by Crippen LogP contribution is 2.23. The van der Waals surface area contributed by atoms with E-state index in [1.165, 1.54) is 57.2 Å². The van der Waals surface area contributed by atoms with Crippen molar-refractivity contribution in [3.05, 3.63) is 61.7 Å². The molecule has 2 N–H and O–H groups in total. The Morgan fingerprint density at radius 3 is 2.28 bits per heavy atom. The molecule has 134 valence electrons. The van der Waals surface area contributed by atoms with Crippen LogP contribution in [0.2, 0.25) is 0 Å². The number of aromatic hydroxyl groups is 2. The Morgan fingerprint density at radius 2 is 1.68 bits per heavy atom. The maximum Gasteiger partial charge on any atom is 0.330 e. The molecule has 0 aliphatic carbocycles. The van der Waals surface area contributed by atoms with E-state index < -0.39 is 5.97 Å². The van der Waals surface area contributed by atoms with Crippen molar-refractivity contribution in [2.75, 3.05) is 7.11 Å². The molecule has 0 aliphatic heterocycles. The van der Waals surface area contributed by atoms with Gasteiger partial charge in [0.2, 0.25) is 0 Å². The van der Waals surface area contributed by atoms with Gasteiger partial charge < -0.3 is 14.9 Å². The topological polar surface area (TPSA) is 66.8 Å². The largest absolute Gasteiger partial charge is 0.508 e. The smallest absolute Gasteiger partial charge is 0.330 e. The molecule has 0 heterocycles. The highest BCUT2D eigenvalue weighted by atomic mass is 127. The first kappa shape index (κ1) is 21.0. The first-order valence-electron chi connectivity index (χ1n) is 7.68. The van der Waals surface area contributed by atoms with E-state index in [1.807, 2.05) is 0 Å². The minimum absolute atomic E-state index is 0.0112. The summed E-state index contributed by atoms with van der Waals surface area (Å²) in [4.78, 5) is 10.7. The van der Waals surface area contributed by atoms with E-state index in [0.717, 1.165) is 6.08 Å². The number of halogens is 1. The fourth-order valence-electron chi connectivity index (χ4n) is 2.06. The van der Waals surface area contributed by atoms with Gasteiger partial charge in [-0.1, -0.05) is 0 Å². The molecule has 0 unspecified atom stereocenters. The van der Waals surface area contributed by atoms with Crippen molar-refractivity contribution >= 4 is 34.6 Å². The molecule has 4 nitrogen and oxygen atoms in total. The first-order valence-corrected chi connectivity index (χ1v) is 8.76. The second-order valence-corrected chi connectivity index (χ2v) is 6.81. The Balaban J connectivity index is 0.000000257. The molecule has 2 aromatic rings. The molecule has 0 aromatic heterocycles. The zero-order valence-corrected chi connectivity index (χ0v) is 17.2. The van der Waals surface area contributed by atoms with Gasteiger partial charge in [0.25, 0.3) is 0 Å². The molecule has 0 aliphatic rings. The highest BCUT2D eigenvalue weighted by Gasteiger charge is 2.03. The lowest BCUT2D eigenvalue weighted by atomic mass is 10.0. The molecular weight excluding hydrogens is 431 g/mol. The molecule has 0 saturated heterocycles. The van der Waals surface area contributed by atoms with E-state index in [-0.39, 0.29) is 11.5 Å². The Labute approximate surface area is 162 Å². The summed E-state index contributed by atoms with van der Waals surface area (Å²) in [6.07, 6.45) is 2.52. The first-order chi connectivity index (χ1) is 11.7. The number of hydrogen-bond donors (Lipinski definition) is 2. The van der Waals surface area contributed by atoms with E-state index in [9.17, 15) is 9.90 Å². The third-order valence-corrected chi connectivity index (χ3v) is 5.15. The van der Waals surface area contributed by atoms with Crippen LogP contribution in [0.25, 0.3) is 6.08 Å². The zero-order chi connectivity index (χ0) is 19.1. The van der Waals surface area contributed by atoms with Crippen LogP contribution < -0.4 is 0 Å². The van der Waals surface area contributed by atoms with Crippen molar-refractivity contribution in [3.8, 4) is 11.5 Å². The fraction of sp³-hybridized carbons (Fsp3) is 0.250. The standard InChI is InChI=1S/C10H13I.C10H10O4/c1-6-5-10(11)9(4)8(3)7(6)2;1-14-10(13)5-2-7-6-8(11)3-4-9(7)12/h5H,1-4H3;2-6,11-12H,1H3/b;5-2+. The summed E-state index contributed by atoms with van der Waals surface area (Å²) in [5, 5.41) is 18.4. The SMILES string of the molecule is COC(=O)/C=C/c1cc(O)ccc1O.Cc1cc(I)c(C)c(C)c1C. The molecule has 25 heavy (non-hydrogen) atoms. The number of rotatable bonds is 2. The Bertz CT molecular complexity index is 769. The van der Waals surface area contributed by atoms with Crippen molar-refractivity contribution in [2.45, 2.75) is 27.7 Å². The summed E-state index contributed by atoms with van der Waals surface area (Å²) in [6.45, 7) is 8.74. The van der Waals surface area contributed by atoms with E-state index in [2.05, 4.69) is 61.1 Å². The molecule has 0 radical (unpaired) electrons. The number of benzene rings is 2. The summed E-state index contributed by atoms with van der Waals surface area (Å²) in [5.41, 5.74) is 6.05. The van der Waals surface area contributed by atoms with E-state index in [4.69, 9.17) is 5.11 Å². The molecule has 0 amide bonds. The number of phenols is 2. The predicted octanol–water partition coefficient (Wildman–Crippen LogP) is 4.81. The van der Waals surface area contributed by atoms with Crippen molar-refractivity contribution in [3.63, 3.8) is 0 Å². The molecule has 0 spiro atoms. The quantitative estimate of drug-likeness (QED) is 0.296. The fourth-order valence-corrected chi connectivity index (χ4v) is 2.94. The summed E-state index contributed by atoms with van der Waals surface area (Å²) >= 11 is 2.39. The molecule has 0 fully saturated rings. The van der Waals surface area contributed by atoms with E-state index in [0.29, 0.717) is 5.56 Å². The van der Waals surface area contributed by atoms with Crippen LogP contribution >= 0.6 is 22.6 Å². The second kappa shape index (κ2) is 9.46. The molecule has 0 bridgehead atoms. The van der Waals surface area contributed by atoms with Gasteiger partial charge in [-0.25, -0.2) is 4.79 Å². The maximum atomic E-state index is 10.7. The zero-order valence-electron chi connectivity index (χ0n) is 15.1. The number of hydrogen-bond acceptors (Lipinski definition) is 4. The van der Waals surface area contributed by atoms with Crippen LogP contribution in [0, 0.1) is 31.3 Å². The third-order valence-electron chi connectivity index (χ3n) is 4.03. The highest BCUT2D eigenvalue weighted by molar-refractivity contribution is 14.1. The Kier molecular flexibility index (Phi) is 7.96. The number of carbonyl (C=O) groups is 1. The Morgan fingerprint density at radius 1 is 1.04 bits per heavy atom. The second-order valence-electron chi connectivity index (χ2n) is 5.65. The van der Waals surface area contributed by atoms with E-state index >= 15 is 0 Å². The van der Waals surface area contributed by atoms with Crippen molar-refractivity contribution in [2.24, 2.45) is 0 Å². The number of ether oxygens (including phenoxy) is 1. The van der Waals surface area contributed by atoms with Crippen LogP contribution in [0.5, 0.6) is 11.5 Å². The average Bonchev–Trinajstić information content (AvgIpc) is 2.59. The van der Waals surface area contributed by atoms with E-state index in [1.54, 1.807) is 0 Å².